The van der Waals surface area contributed by atoms with Gasteiger partial charge in [0.2, 0.25) is 0 Å². The first kappa shape index (κ1) is 16.4. The summed E-state index contributed by atoms with van der Waals surface area (Å²) in [5.41, 5.74) is 0. The second kappa shape index (κ2) is 8.72. The minimum absolute atomic E-state index is 0. The van der Waals surface area contributed by atoms with Gasteiger partial charge in [0, 0.05) is 0 Å². The second-order valence-electron chi connectivity index (χ2n) is 0.669. The molecule has 8 heavy (non-hydrogen) atoms. The normalized spacial score (nSPS) is 8.25. The molecule has 0 bridgehead atoms. The molecule has 0 heterocycles. The van der Waals surface area contributed by atoms with Crippen molar-refractivity contribution in [2.45, 2.75) is 12.9 Å². The fourth-order valence-electron chi connectivity index (χ4n) is 0. The van der Waals surface area contributed by atoms with E-state index >= 15 is 0 Å². The molecule has 0 aromatic heterocycles. The van der Waals surface area contributed by atoms with E-state index in [1.165, 1.54) is 0 Å². The van der Waals surface area contributed by atoms with Crippen molar-refractivity contribution in [3.8, 4) is 0 Å². The number of hydrogen-bond acceptors (Lipinski definition) is 0. The van der Waals surface area contributed by atoms with Gasteiger partial charge in [-0.15, -0.1) is 0 Å². The van der Waals surface area contributed by atoms with E-state index in [9.17, 15) is 17.6 Å². The van der Waals surface area contributed by atoms with Gasteiger partial charge in [-0.1, -0.05) is 0 Å². The minimum Gasteiger partial charge on any atom is -1.00 e. The van der Waals surface area contributed by atoms with Crippen LogP contribution < -0.4 is 59.1 Å². The zero-order valence-electron chi connectivity index (χ0n) is 6.67. The molecule has 0 aliphatic rings. The van der Waals surface area contributed by atoms with E-state index < -0.39 is 12.9 Å². The monoisotopic (exact) mass is 150 g/mol. The SMILES string of the molecule is FC(F)C(F)F.[H-].[H-].[Na+].[Na+]. The van der Waals surface area contributed by atoms with Crippen molar-refractivity contribution in [1.29, 1.82) is 0 Å². The summed E-state index contributed by atoms with van der Waals surface area (Å²) in [5, 5.41) is 0. The van der Waals surface area contributed by atoms with Crippen molar-refractivity contribution >= 4 is 0 Å². The van der Waals surface area contributed by atoms with Gasteiger partial charge >= 0.3 is 59.1 Å². The van der Waals surface area contributed by atoms with Crippen molar-refractivity contribution in [1.82, 2.24) is 0 Å². The molecule has 0 amide bonds. The van der Waals surface area contributed by atoms with Gasteiger partial charge in [-0.2, -0.15) is 0 Å². The fourth-order valence-corrected chi connectivity index (χ4v) is 0. The van der Waals surface area contributed by atoms with E-state index in [-0.39, 0.29) is 62.0 Å². The molecule has 42 valence electrons. The average molecular weight is 150 g/mol. The van der Waals surface area contributed by atoms with Crippen LogP contribution in [0.2, 0.25) is 0 Å². The number of rotatable bonds is 1. The van der Waals surface area contributed by atoms with Crippen LogP contribution in [0.1, 0.15) is 2.85 Å². The molecule has 6 heteroatoms. The van der Waals surface area contributed by atoms with Gasteiger partial charge in [-0.05, 0) is 0 Å². The molecule has 0 aromatic rings. The summed E-state index contributed by atoms with van der Waals surface area (Å²) in [7, 11) is 0. The Labute approximate surface area is 91.6 Å². The summed E-state index contributed by atoms with van der Waals surface area (Å²) in [6.07, 6.45) is -6.96. The fraction of sp³-hybridized carbons (Fsp3) is 1.00. The third-order valence-corrected chi connectivity index (χ3v) is 0.190. The van der Waals surface area contributed by atoms with Gasteiger partial charge in [0.25, 0.3) is 12.9 Å². The van der Waals surface area contributed by atoms with E-state index in [4.69, 9.17) is 0 Å². The van der Waals surface area contributed by atoms with Crippen LogP contribution in [0.25, 0.3) is 0 Å². The third-order valence-electron chi connectivity index (χ3n) is 0.190. The van der Waals surface area contributed by atoms with E-state index in [0.717, 1.165) is 0 Å². The van der Waals surface area contributed by atoms with Crippen molar-refractivity contribution in [2.75, 3.05) is 0 Å². The zero-order chi connectivity index (χ0) is 5.15. The van der Waals surface area contributed by atoms with Crippen LogP contribution in [0.15, 0.2) is 0 Å². The summed E-state index contributed by atoms with van der Waals surface area (Å²) in [6, 6.07) is 0. The first-order chi connectivity index (χ1) is 2.64. The average Bonchev–Trinajstić information content (AvgIpc) is 1.36. The van der Waals surface area contributed by atoms with E-state index in [0.29, 0.717) is 0 Å². The summed E-state index contributed by atoms with van der Waals surface area (Å²) >= 11 is 0. The van der Waals surface area contributed by atoms with Gasteiger partial charge < -0.3 is 2.85 Å². The largest absolute Gasteiger partial charge is 1.00 e. The molecular weight excluding hydrogens is 146 g/mol. The van der Waals surface area contributed by atoms with Gasteiger partial charge in [-0.25, -0.2) is 17.6 Å². The Kier molecular flexibility index (Phi) is 17.8. The third kappa shape index (κ3) is 10.7. The van der Waals surface area contributed by atoms with E-state index in [2.05, 4.69) is 0 Å². The molecule has 0 spiro atoms. The molecule has 0 radical (unpaired) electrons. The van der Waals surface area contributed by atoms with Gasteiger partial charge in [0.1, 0.15) is 0 Å². The Hall–Kier alpha value is 1.72. The molecule has 0 aliphatic carbocycles. The van der Waals surface area contributed by atoms with Gasteiger partial charge in [0.05, 0.1) is 0 Å². The van der Waals surface area contributed by atoms with E-state index in [1.807, 2.05) is 0 Å². The van der Waals surface area contributed by atoms with Gasteiger partial charge in [-0.3, -0.25) is 0 Å². The van der Waals surface area contributed by atoms with Crippen LogP contribution in [-0.2, 0) is 0 Å². The number of hydrogen-bond donors (Lipinski definition) is 0. The Morgan fingerprint density at radius 3 is 0.875 bits per heavy atom. The molecule has 0 atom stereocenters. The van der Waals surface area contributed by atoms with Crippen molar-refractivity contribution in [3.05, 3.63) is 0 Å². The maximum absolute atomic E-state index is 10.4. The van der Waals surface area contributed by atoms with Crippen LogP contribution in [0.4, 0.5) is 17.6 Å². The number of alkyl halides is 4. The maximum Gasteiger partial charge on any atom is 1.00 e. The van der Waals surface area contributed by atoms with Crippen LogP contribution in [0.3, 0.4) is 0 Å². The summed E-state index contributed by atoms with van der Waals surface area (Å²) in [6.45, 7) is 0. The molecule has 0 aromatic carbocycles. The van der Waals surface area contributed by atoms with Crippen molar-refractivity contribution < 1.29 is 79.5 Å². The summed E-state index contributed by atoms with van der Waals surface area (Å²) < 4.78 is 41.6. The summed E-state index contributed by atoms with van der Waals surface area (Å²) in [5.74, 6) is 0. The first-order valence-electron chi connectivity index (χ1n) is 1.21. The first-order valence-corrected chi connectivity index (χ1v) is 1.21. The van der Waals surface area contributed by atoms with Crippen LogP contribution >= 0.6 is 0 Å². The van der Waals surface area contributed by atoms with E-state index in [1.54, 1.807) is 0 Å². The van der Waals surface area contributed by atoms with Crippen LogP contribution in [0, 0.1) is 0 Å². The summed E-state index contributed by atoms with van der Waals surface area (Å²) in [4.78, 5) is 0. The zero-order valence-corrected chi connectivity index (χ0v) is 8.67. The Balaban J connectivity index is -0.0000000208. The van der Waals surface area contributed by atoms with Gasteiger partial charge in [0.15, 0.2) is 0 Å². The molecule has 0 fully saturated rings. The van der Waals surface area contributed by atoms with Crippen LogP contribution in [0.5, 0.6) is 0 Å². The molecule has 0 unspecified atom stereocenters. The quantitative estimate of drug-likeness (QED) is 0.262. The maximum atomic E-state index is 10.4. The Bertz CT molecular complexity index is 40.2. The predicted molar refractivity (Wildman–Crippen MR) is 14.2 cm³/mol. The minimum atomic E-state index is -3.48. The molecular formula is C2H4F4Na2. The topological polar surface area (TPSA) is 0 Å². The smallest absolute Gasteiger partial charge is 1.00 e. The molecule has 0 rings (SSSR count). The Morgan fingerprint density at radius 2 is 0.875 bits per heavy atom. The molecule has 0 saturated heterocycles. The predicted octanol–water partition coefficient (Wildman–Crippen LogP) is -4.25. The van der Waals surface area contributed by atoms with Crippen LogP contribution in [-0.4, -0.2) is 12.9 Å². The molecule has 0 saturated carbocycles. The standard InChI is InChI=1S/C2H2F4.2Na.2H/c3-1(4)2(5)6;;;;/h1-2H;;;;/q;2*+1;2*-1. The second-order valence-corrected chi connectivity index (χ2v) is 0.669. The molecule has 0 N–H and O–H groups in total. The van der Waals surface area contributed by atoms with Crippen molar-refractivity contribution in [3.63, 3.8) is 0 Å². The number of halogens is 4. The van der Waals surface area contributed by atoms with Crippen molar-refractivity contribution in [2.24, 2.45) is 0 Å². The Morgan fingerprint density at radius 1 is 0.750 bits per heavy atom. The molecule has 0 aliphatic heterocycles. The molecule has 0 nitrogen and oxygen atoms in total.